The molecule has 0 radical (unpaired) electrons. The quantitative estimate of drug-likeness (QED) is 0.452. The van der Waals surface area contributed by atoms with Gasteiger partial charge in [-0.3, -0.25) is 9.59 Å². The highest BCUT2D eigenvalue weighted by atomic mass is 19.1. The Kier molecular flexibility index (Phi) is 7.67. The summed E-state index contributed by atoms with van der Waals surface area (Å²) in [6.45, 7) is 11.3. The zero-order valence-corrected chi connectivity index (χ0v) is 21.6. The summed E-state index contributed by atoms with van der Waals surface area (Å²) in [5, 5.41) is 0. The van der Waals surface area contributed by atoms with Gasteiger partial charge in [-0.1, -0.05) is 19.1 Å². The van der Waals surface area contributed by atoms with Crippen molar-refractivity contribution in [3.05, 3.63) is 36.4 Å². The van der Waals surface area contributed by atoms with Crippen molar-refractivity contribution in [1.82, 2.24) is 4.90 Å². The number of halogens is 1. The normalized spacial score (nSPS) is 22.9. The van der Waals surface area contributed by atoms with E-state index in [1.54, 1.807) is 11.8 Å². The number of carbonyl (C=O) groups excluding carboxylic acids is 2. The molecular weight excluding hydrogens is 445 g/mol. The number of hydrogen-bond donors (Lipinski definition) is 0. The maximum absolute atomic E-state index is 14.8. The number of ether oxygens (including phenoxy) is 1. The van der Waals surface area contributed by atoms with E-state index in [1.165, 1.54) is 0 Å². The smallest absolute Gasteiger partial charge is 0.230 e. The first-order valence-corrected chi connectivity index (χ1v) is 13.0. The van der Waals surface area contributed by atoms with Crippen LogP contribution in [0, 0.1) is 5.92 Å². The van der Waals surface area contributed by atoms with Crippen molar-refractivity contribution in [2.45, 2.75) is 76.5 Å². The number of nitrogens with zero attached hydrogens (tertiary/aromatic N) is 3. The number of fused-ring (bicyclic) bond motifs is 1. The maximum Gasteiger partial charge on any atom is 0.230 e. The molecule has 0 bridgehead atoms. The summed E-state index contributed by atoms with van der Waals surface area (Å²) in [6, 6.07) is 6.21. The topological polar surface area (TPSA) is 53.1 Å². The van der Waals surface area contributed by atoms with Crippen molar-refractivity contribution in [3.63, 3.8) is 0 Å². The predicted octanol–water partition coefficient (Wildman–Crippen LogP) is 4.68. The SMILES string of the molecule is C=CCC(CN(C)C(CC)CC1(F)COC1)c1ccc2c(c1)N(C(=O)C1CC1)CC(C)N2C(C)=O. The van der Waals surface area contributed by atoms with E-state index in [4.69, 9.17) is 4.74 Å². The molecular formula is C28H40FN3O3. The van der Waals surface area contributed by atoms with E-state index < -0.39 is 5.67 Å². The fourth-order valence-corrected chi connectivity index (χ4v) is 5.62. The fourth-order valence-electron chi connectivity index (χ4n) is 5.62. The van der Waals surface area contributed by atoms with Crippen LogP contribution < -0.4 is 9.80 Å². The number of likely N-dealkylation sites (N-methyl/N-ethyl adjacent to an activating group) is 1. The van der Waals surface area contributed by atoms with Gasteiger partial charge in [0.1, 0.15) is 0 Å². The molecule has 1 aliphatic carbocycles. The predicted molar refractivity (Wildman–Crippen MR) is 138 cm³/mol. The Morgan fingerprint density at radius 1 is 1.31 bits per heavy atom. The van der Waals surface area contributed by atoms with E-state index in [0.29, 0.717) is 13.0 Å². The van der Waals surface area contributed by atoms with Crippen LogP contribution in [0.15, 0.2) is 30.9 Å². The molecule has 2 amide bonds. The molecule has 192 valence electrons. The minimum Gasteiger partial charge on any atom is -0.375 e. The molecule has 4 rings (SSSR count). The van der Waals surface area contributed by atoms with Crippen LogP contribution in [-0.4, -0.2) is 67.8 Å². The standard InChI is InChI=1S/C28H40FN3O3/c1-6-8-23(16-30(5)24(7-2)14-28(29)17-35-18-28)22-11-12-25-26(13-22)31(27(34)21-9-10-21)15-19(3)32(25)20(4)33/h6,11-13,19,21,23-24H,1,7-10,14-18H2,2-5H3. The van der Waals surface area contributed by atoms with Crippen LogP contribution in [0.25, 0.3) is 0 Å². The van der Waals surface area contributed by atoms with Gasteiger partial charge in [0.2, 0.25) is 11.8 Å². The first-order valence-electron chi connectivity index (χ1n) is 13.0. The molecule has 3 unspecified atom stereocenters. The Hall–Kier alpha value is -2.25. The third kappa shape index (κ3) is 5.46. The van der Waals surface area contributed by atoms with E-state index in [2.05, 4.69) is 37.6 Å². The lowest BCUT2D eigenvalue weighted by Crippen LogP contribution is -2.52. The molecule has 35 heavy (non-hydrogen) atoms. The minimum absolute atomic E-state index is 0.0155. The van der Waals surface area contributed by atoms with E-state index in [9.17, 15) is 14.0 Å². The van der Waals surface area contributed by atoms with E-state index in [-0.39, 0.29) is 48.9 Å². The Bertz CT molecular complexity index is 959. The van der Waals surface area contributed by atoms with Crippen molar-refractivity contribution in [3.8, 4) is 0 Å². The van der Waals surface area contributed by atoms with Crippen molar-refractivity contribution in [1.29, 1.82) is 0 Å². The van der Waals surface area contributed by atoms with Gasteiger partial charge in [0.15, 0.2) is 5.67 Å². The van der Waals surface area contributed by atoms with Gasteiger partial charge < -0.3 is 19.4 Å². The zero-order chi connectivity index (χ0) is 25.3. The lowest BCUT2D eigenvalue weighted by Gasteiger charge is -2.42. The third-order valence-electron chi connectivity index (χ3n) is 7.82. The average Bonchev–Trinajstić information content (AvgIpc) is 3.65. The van der Waals surface area contributed by atoms with Gasteiger partial charge in [-0.2, -0.15) is 0 Å². The molecule has 3 aliphatic rings. The van der Waals surface area contributed by atoms with Crippen LogP contribution in [0.5, 0.6) is 0 Å². The zero-order valence-electron chi connectivity index (χ0n) is 21.6. The fraction of sp³-hybridized carbons (Fsp3) is 0.643. The molecule has 0 spiro atoms. The molecule has 6 nitrogen and oxygen atoms in total. The summed E-state index contributed by atoms with van der Waals surface area (Å²) in [6.07, 6.45) is 5.92. The van der Waals surface area contributed by atoms with Crippen LogP contribution >= 0.6 is 0 Å². The number of carbonyl (C=O) groups is 2. The Labute approximate surface area is 209 Å². The van der Waals surface area contributed by atoms with Crippen molar-refractivity contribution in [2.75, 3.05) is 43.2 Å². The van der Waals surface area contributed by atoms with Crippen molar-refractivity contribution in [2.24, 2.45) is 5.92 Å². The van der Waals surface area contributed by atoms with Gasteiger partial charge in [-0.05, 0) is 57.4 Å². The van der Waals surface area contributed by atoms with Gasteiger partial charge in [-0.25, -0.2) is 4.39 Å². The summed E-state index contributed by atoms with van der Waals surface area (Å²) in [7, 11) is 2.06. The number of amides is 2. The Balaban J connectivity index is 1.61. The van der Waals surface area contributed by atoms with Crippen LogP contribution in [0.4, 0.5) is 15.8 Å². The molecule has 2 aliphatic heterocycles. The molecule has 3 atom stereocenters. The average molecular weight is 486 g/mol. The third-order valence-corrected chi connectivity index (χ3v) is 7.82. The van der Waals surface area contributed by atoms with E-state index >= 15 is 0 Å². The van der Waals surface area contributed by atoms with E-state index in [0.717, 1.165) is 49.2 Å². The molecule has 7 heteroatoms. The van der Waals surface area contributed by atoms with Gasteiger partial charge >= 0.3 is 0 Å². The summed E-state index contributed by atoms with van der Waals surface area (Å²) >= 11 is 0. The highest BCUT2D eigenvalue weighted by molar-refractivity contribution is 6.05. The first-order chi connectivity index (χ1) is 16.7. The second-order valence-corrected chi connectivity index (χ2v) is 10.8. The summed E-state index contributed by atoms with van der Waals surface area (Å²) in [5.74, 6) is 0.399. The van der Waals surface area contributed by atoms with Gasteiger partial charge in [0.05, 0.1) is 30.6 Å². The number of hydrogen-bond acceptors (Lipinski definition) is 4. The lowest BCUT2D eigenvalue weighted by molar-refractivity contribution is -0.141. The Morgan fingerprint density at radius 2 is 2.03 bits per heavy atom. The summed E-state index contributed by atoms with van der Waals surface area (Å²) < 4.78 is 19.9. The molecule has 1 aromatic carbocycles. The lowest BCUT2D eigenvalue weighted by atomic mass is 9.90. The molecule has 2 heterocycles. The summed E-state index contributed by atoms with van der Waals surface area (Å²) in [5.41, 5.74) is 1.52. The Morgan fingerprint density at radius 3 is 2.57 bits per heavy atom. The largest absolute Gasteiger partial charge is 0.375 e. The van der Waals surface area contributed by atoms with Crippen LogP contribution in [0.1, 0.15) is 64.4 Å². The number of allylic oxidation sites excluding steroid dienone is 1. The number of rotatable bonds is 10. The van der Waals surface area contributed by atoms with Crippen LogP contribution in [0.3, 0.4) is 0 Å². The number of anilines is 2. The van der Waals surface area contributed by atoms with Crippen molar-refractivity contribution >= 4 is 23.2 Å². The molecule has 0 N–H and O–H groups in total. The van der Waals surface area contributed by atoms with E-state index in [1.807, 2.05) is 24.0 Å². The molecule has 1 saturated carbocycles. The van der Waals surface area contributed by atoms with Crippen LogP contribution in [-0.2, 0) is 14.3 Å². The number of benzene rings is 1. The first kappa shape index (κ1) is 25.8. The minimum atomic E-state index is -1.22. The van der Waals surface area contributed by atoms with Gasteiger partial charge in [-0.15, -0.1) is 6.58 Å². The second-order valence-electron chi connectivity index (χ2n) is 10.8. The maximum atomic E-state index is 14.8. The molecule has 1 aromatic rings. The van der Waals surface area contributed by atoms with Crippen molar-refractivity contribution < 1.29 is 18.7 Å². The summed E-state index contributed by atoms with van der Waals surface area (Å²) in [4.78, 5) is 31.6. The monoisotopic (exact) mass is 485 g/mol. The highest BCUT2D eigenvalue weighted by Gasteiger charge is 2.42. The van der Waals surface area contributed by atoms with Gasteiger partial charge in [0.25, 0.3) is 0 Å². The van der Waals surface area contributed by atoms with Gasteiger partial charge in [0, 0.05) is 44.3 Å². The molecule has 2 fully saturated rings. The van der Waals surface area contributed by atoms with Crippen LogP contribution in [0.2, 0.25) is 0 Å². The second kappa shape index (κ2) is 10.4. The number of alkyl halides is 1. The molecule has 0 aromatic heterocycles. The highest BCUT2D eigenvalue weighted by Crippen LogP contribution is 2.42. The molecule has 1 saturated heterocycles.